The molecule has 13 heteroatoms. The number of amides is 3. The number of carbonyl (C=O) groups is 4. The van der Waals surface area contributed by atoms with Crippen LogP contribution < -0.4 is 15.5 Å². The molecule has 0 spiro atoms. The second-order valence-electron chi connectivity index (χ2n) is 10.5. The van der Waals surface area contributed by atoms with Crippen molar-refractivity contribution in [3.63, 3.8) is 0 Å². The Labute approximate surface area is 261 Å². The van der Waals surface area contributed by atoms with Gasteiger partial charge in [0, 0.05) is 49.7 Å². The summed E-state index contributed by atoms with van der Waals surface area (Å²) in [5.74, 6) is -5.65. The maximum Gasteiger partial charge on any atom is 0.305 e. The highest BCUT2D eigenvalue weighted by atomic mass is 19.2. The Kier molecular flexibility index (Phi) is 9.60. The molecule has 0 radical (unpaired) electrons. The van der Waals surface area contributed by atoms with Gasteiger partial charge in [-0.25, -0.2) is 13.2 Å². The number of nitrogens with one attached hydrogen (secondary N) is 2. The number of hydrogen-bond acceptors (Lipinski definition) is 6. The van der Waals surface area contributed by atoms with E-state index < -0.39 is 47.7 Å². The number of benzene rings is 3. The molecule has 1 aromatic heterocycles. The van der Waals surface area contributed by atoms with E-state index in [0.717, 1.165) is 30.3 Å². The molecule has 4 aromatic rings. The van der Waals surface area contributed by atoms with Crippen molar-refractivity contribution in [2.75, 3.05) is 36.4 Å². The van der Waals surface area contributed by atoms with Gasteiger partial charge in [0.1, 0.15) is 5.82 Å². The molecule has 3 amide bonds. The number of carbonyl (C=O) groups excluding carboxylic acids is 3. The highest BCUT2D eigenvalue weighted by Gasteiger charge is 2.26. The molecule has 1 atom stereocenters. The molecular formula is C33H28F3N5O5. The third-order valence-corrected chi connectivity index (χ3v) is 7.46. The fourth-order valence-electron chi connectivity index (χ4n) is 5.07. The lowest BCUT2D eigenvalue weighted by Gasteiger charge is -2.37. The van der Waals surface area contributed by atoms with E-state index in [4.69, 9.17) is 0 Å². The number of carboxylic acids is 1. The quantitative estimate of drug-likeness (QED) is 0.245. The minimum Gasteiger partial charge on any atom is -0.481 e. The summed E-state index contributed by atoms with van der Waals surface area (Å²) < 4.78 is 40.9. The standard InChI is InChI=1S/C33H28F3N5O5/c34-24-7-3-20(4-8-24)27(18-30(42)43)38-32(45)22-6-10-29(28(17-22)39-31(44)21-5-9-25(35)26(36)16-21)40-12-14-41(15-13-40)33(46)23-2-1-11-37-19-23/h1-11,16-17,19,27H,12-15,18H2,(H,38,45)(H,39,44)(H,42,43). The van der Waals surface area contributed by atoms with E-state index in [9.17, 15) is 37.5 Å². The summed E-state index contributed by atoms with van der Waals surface area (Å²) in [6.07, 6.45) is 2.59. The zero-order chi connectivity index (χ0) is 32.8. The molecular weight excluding hydrogens is 603 g/mol. The van der Waals surface area contributed by atoms with Crippen LogP contribution in [0.4, 0.5) is 24.5 Å². The molecule has 5 rings (SSSR count). The van der Waals surface area contributed by atoms with Crippen molar-refractivity contribution in [2.24, 2.45) is 0 Å². The zero-order valence-corrected chi connectivity index (χ0v) is 24.3. The van der Waals surface area contributed by atoms with Crippen molar-refractivity contribution in [3.8, 4) is 0 Å². The number of piperazine rings is 1. The van der Waals surface area contributed by atoms with Crippen molar-refractivity contribution >= 4 is 35.1 Å². The van der Waals surface area contributed by atoms with Crippen molar-refractivity contribution in [2.45, 2.75) is 12.5 Å². The van der Waals surface area contributed by atoms with E-state index in [1.165, 1.54) is 30.5 Å². The number of carboxylic acid groups (broad SMARTS) is 1. The summed E-state index contributed by atoms with van der Waals surface area (Å²) in [6, 6.07) is 14.6. The van der Waals surface area contributed by atoms with Crippen LogP contribution in [0.2, 0.25) is 0 Å². The molecule has 10 nitrogen and oxygen atoms in total. The second-order valence-corrected chi connectivity index (χ2v) is 10.5. The number of halogens is 3. The smallest absolute Gasteiger partial charge is 0.305 e. The molecule has 1 aliphatic heterocycles. The molecule has 46 heavy (non-hydrogen) atoms. The molecule has 1 unspecified atom stereocenters. The summed E-state index contributed by atoms with van der Waals surface area (Å²) in [4.78, 5) is 58.5. The molecule has 0 bridgehead atoms. The number of pyridine rings is 1. The fraction of sp³-hybridized carbons (Fsp3) is 0.182. The lowest BCUT2D eigenvalue weighted by atomic mass is 10.0. The number of aliphatic carboxylic acids is 1. The first-order chi connectivity index (χ1) is 22.1. The Balaban J connectivity index is 1.40. The van der Waals surface area contributed by atoms with Gasteiger partial charge in [-0.1, -0.05) is 12.1 Å². The summed E-state index contributed by atoms with van der Waals surface area (Å²) in [6.45, 7) is 1.44. The van der Waals surface area contributed by atoms with Crippen LogP contribution in [-0.4, -0.2) is 64.9 Å². The van der Waals surface area contributed by atoms with Crippen LogP contribution in [0.3, 0.4) is 0 Å². The van der Waals surface area contributed by atoms with E-state index in [-0.39, 0.29) is 22.7 Å². The molecule has 1 fully saturated rings. The summed E-state index contributed by atoms with van der Waals surface area (Å²) in [5.41, 5.74) is 1.40. The van der Waals surface area contributed by atoms with E-state index in [2.05, 4.69) is 15.6 Å². The van der Waals surface area contributed by atoms with Crippen molar-refractivity contribution < 1.29 is 37.5 Å². The van der Waals surface area contributed by atoms with Crippen LogP contribution >= 0.6 is 0 Å². The first-order valence-electron chi connectivity index (χ1n) is 14.2. The van der Waals surface area contributed by atoms with Gasteiger partial charge in [0.15, 0.2) is 11.6 Å². The molecule has 3 aromatic carbocycles. The molecule has 1 aliphatic rings. The predicted octanol–water partition coefficient (Wildman–Crippen LogP) is 4.66. The van der Waals surface area contributed by atoms with Crippen LogP contribution in [-0.2, 0) is 4.79 Å². The van der Waals surface area contributed by atoms with E-state index in [1.54, 1.807) is 29.3 Å². The van der Waals surface area contributed by atoms with Gasteiger partial charge in [-0.2, -0.15) is 0 Å². The second kappa shape index (κ2) is 13.9. The minimum atomic E-state index is -1.21. The van der Waals surface area contributed by atoms with E-state index in [0.29, 0.717) is 43.0 Å². The van der Waals surface area contributed by atoms with Gasteiger partial charge in [0.25, 0.3) is 17.7 Å². The predicted molar refractivity (Wildman–Crippen MR) is 162 cm³/mol. The number of aromatic nitrogens is 1. The first-order valence-corrected chi connectivity index (χ1v) is 14.2. The van der Waals surface area contributed by atoms with Crippen molar-refractivity contribution in [3.05, 3.63) is 125 Å². The van der Waals surface area contributed by atoms with Gasteiger partial charge < -0.3 is 25.5 Å². The van der Waals surface area contributed by atoms with E-state index >= 15 is 0 Å². The van der Waals surface area contributed by atoms with Crippen LogP contribution in [0.25, 0.3) is 0 Å². The van der Waals surface area contributed by atoms with Gasteiger partial charge in [0.05, 0.1) is 29.4 Å². The molecule has 2 heterocycles. The maximum absolute atomic E-state index is 13.9. The Morgan fingerprint density at radius 3 is 2.15 bits per heavy atom. The zero-order valence-electron chi connectivity index (χ0n) is 24.3. The number of hydrogen-bond donors (Lipinski definition) is 3. The van der Waals surface area contributed by atoms with Gasteiger partial charge in [0.2, 0.25) is 0 Å². The van der Waals surface area contributed by atoms with Gasteiger partial charge in [-0.15, -0.1) is 0 Å². The molecule has 0 saturated carbocycles. The van der Waals surface area contributed by atoms with Gasteiger partial charge in [-0.05, 0) is 66.2 Å². The molecule has 1 saturated heterocycles. The van der Waals surface area contributed by atoms with Gasteiger partial charge >= 0.3 is 5.97 Å². The minimum absolute atomic E-state index is 0.0622. The summed E-state index contributed by atoms with van der Waals surface area (Å²) in [5, 5.41) is 14.7. The monoisotopic (exact) mass is 631 g/mol. The Morgan fingerprint density at radius 1 is 0.804 bits per heavy atom. The van der Waals surface area contributed by atoms with Crippen molar-refractivity contribution in [1.82, 2.24) is 15.2 Å². The van der Waals surface area contributed by atoms with Crippen LogP contribution in [0.1, 0.15) is 49.1 Å². The van der Waals surface area contributed by atoms with E-state index in [1.807, 2.05) is 4.90 Å². The van der Waals surface area contributed by atoms with Crippen molar-refractivity contribution in [1.29, 1.82) is 0 Å². The average Bonchev–Trinajstić information content (AvgIpc) is 3.06. The van der Waals surface area contributed by atoms with Crippen LogP contribution in [0.5, 0.6) is 0 Å². The molecule has 236 valence electrons. The maximum atomic E-state index is 13.9. The van der Waals surface area contributed by atoms with Crippen LogP contribution in [0, 0.1) is 17.5 Å². The average molecular weight is 632 g/mol. The number of nitrogens with zero attached hydrogens (tertiary/aromatic N) is 3. The highest BCUT2D eigenvalue weighted by Crippen LogP contribution is 2.30. The summed E-state index contributed by atoms with van der Waals surface area (Å²) in [7, 11) is 0. The topological polar surface area (TPSA) is 132 Å². The Hall–Kier alpha value is -5.72. The third-order valence-electron chi connectivity index (χ3n) is 7.46. The number of anilines is 2. The fourth-order valence-corrected chi connectivity index (χ4v) is 5.07. The lowest BCUT2D eigenvalue weighted by molar-refractivity contribution is -0.137. The SMILES string of the molecule is O=C(O)CC(NC(=O)c1ccc(N2CCN(C(=O)c3cccnc3)CC2)c(NC(=O)c2ccc(F)c(F)c2)c1)c1ccc(F)cc1. The van der Waals surface area contributed by atoms with Gasteiger partial charge in [-0.3, -0.25) is 24.2 Å². The molecule has 0 aliphatic carbocycles. The normalized spacial score (nSPS) is 13.5. The Morgan fingerprint density at radius 2 is 1.50 bits per heavy atom. The first kappa shape index (κ1) is 31.7. The third kappa shape index (κ3) is 7.49. The number of rotatable bonds is 9. The van der Waals surface area contributed by atoms with Crippen LogP contribution in [0.15, 0.2) is 85.2 Å². The lowest BCUT2D eigenvalue weighted by Crippen LogP contribution is -2.49. The largest absolute Gasteiger partial charge is 0.481 e. The highest BCUT2D eigenvalue weighted by molar-refractivity contribution is 6.07. The Bertz CT molecular complexity index is 1760. The molecule has 3 N–H and O–H groups in total. The summed E-state index contributed by atoms with van der Waals surface area (Å²) >= 11 is 0.